The minimum absolute atomic E-state index is 0.0670. The van der Waals surface area contributed by atoms with E-state index in [1.54, 1.807) is 36.4 Å². The Balaban J connectivity index is 2.11. The van der Waals surface area contributed by atoms with Crippen molar-refractivity contribution < 1.29 is 14.7 Å². The molecule has 3 N–H and O–H groups in total. The summed E-state index contributed by atoms with van der Waals surface area (Å²) in [5.74, 6) is -0.657. The molecule has 0 aliphatic carbocycles. The molecule has 0 aliphatic rings. The van der Waals surface area contributed by atoms with Crippen molar-refractivity contribution in [3.05, 3.63) is 65.9 Å². The number of amides is 1. The maximum absolute atomic E-state index is 12.1. The zero-order valence-corrected chi connectivity index (χ0v) is 12.9. The highest BCUT2D eigenvalue weighted by Gasteiger charge is 2.10. The van der Waals surface area contributed by atoms with Crippen LogP contribution in [0.1, 0.15) is 17.3 Å². The molecular formula is C18H15N3O3. The lowest BCUT2D eigenvalue weighted by molar-refractivity contribution is -0.112. The lowest BCUT2D eigenvalue weighted by atomic mass is 10.1. The number of phenolic OH excluding ortho intramolecular Hbond substituents is 1. The Morgan fingerprint density at radius 3 is 2.50 bits per heavy atom. The van der Waals surface area contributed by atoms with Gasteiger partial charge in [0, 0.05) is 29.2 Å². The maximum atomic E-state index is 12.1. The van der Waals surface area contributed by atoms with Gasteiger partial charge in [0.15, 0.2) is 5.78 Å². The first-order valence-electron chi connectivity index (χ1n) is 7.08. The first-order valence-corrected chi connectivity index (χ1v) is 7.08. The van der Waals surface area contributed by atoms with Crippen LogP contribution < -0.4 is 10.6 Å². The highest BCUT2D eigenvalue weighted by Crippen LogP contribution is 2.16. The summed E-state index contributed by atoms with van der Waals surface area (Å²) in [6.07, 6.45) is 1.25. The molecule has 2 aromatic rings. The molecule has 6 heteroatoms. The smallest absolute Gasteiger partial charge is 0.267 e. The molecule has 120 valence electrons. The summed E-state index contributed by atoms with van der Waals surface area (Å²) in [5, 5.41) is 23.8. The second kappa shape index (κ2) is 7.61. The third-order valence-electron chi connectivity index (χ3n) is 3.12. The van der Waals surface area contributed by atoms with Crippen molar-refractivity contribution >= 4 is 23.1 Å². The van der Waals surface area contributed by atoms with Crippen molar-refractivity contribution in [2.75, 3.05) is 10.6 Å². The predicted molar refractivity (Wildman–Crippen MR) is 90.5 cm³/mol. The number of rotatable bonds is 5. The van der Waals surface area contributed by atoms with Crippen LogP contribution in [-0.4, -0.2) is 16.8 Å². The van der Waals surface area contributed by atoms with E-state index in [1.165, 1.54) is 31.3 Å². The topological polar surface area (TPSA) is 102 Å². The van der Waals surface area contributed by atoms with E-state index >= 15 is 0 Å². The quantitative estimate of drug-likeness (QED) is 0.446. The molecule has 0 unspecified atom stereocenters. The van der Waals surface area contributed by atoms with Crippen molar-refractivity contribution in [3.8, 4) is 11.8 Å². The van der Waals surface area contributed by atoms with Crippen LogP contribution in [0.3, 0.4) is 0 Å². The van der Waals surface area contributed by atoms with Gasteiger partial charge in [0.05, 0.1) is 0 Å². The van der Waals surface area contributed by atoms with E-state index < -0.39 is 5.91 Å². The lowest BCUT2D eigenvalue weighted by Crippen LogP contribution is -2.14. The molecule has 0 saturated heterocycles. The fourth-order valence-electron chi connectivity index (χ4n) is 1.91. The molecule has 6 nitrogen and oxygen atoms in total. The van der Waals surface area contributed by atoms with Crippen molar-refractivity contribution in [2.24, 2.45) is 0 Å². The number of nitriles is 1. The molecule has 24 heavy (non-hydrogen) atoms. The number of carbonyl (C=O) groups is 2. The number of anilines is 2. The third kappa shape index (κ3) is 4.45. The van der Waals surface area contributed by atoms with Crippen molar-refractivity contribution in [1.29, 1.82) is 5.26 Å². The fourth-order valence-corrected chi connectivity index (χ4v) is 1.91. The van der Waals surface area contributed by atoms with Crippen LogP contribution in [0.5, 0.6) is 5.75 Å². The number of nitrogens with one attached hydrogen (secondary N) is 2. The van der Waals surface area contributed by atoms with Crippen LogP contribution in [-0.2, 0) is 4.79 Å². The monoisotopic (exact) mass is 321 g/mol. The number of carbonyl (C=O) groups excluding carboxylic acids is 2. The Morgan fingerprint density at radius 1 is 1.12 bits per heavy atom. The van der Waals surface area contributed by atoms with Gasteiger partial charge >= 0.3 is 0 Å². The van der Waals surface area contributed by atoms with Crippen LogP contribution in [0.2, 0.25) is 0 Å². The molecule has 1 amide bonds. The molecule has 0 saturated carbocycles. The first kappa shape index (κ1) is 16.8. The summed E-state index contributed by atoms with van der Waals surface area (Å²) >= 11 is 0. The van der Waals surface area contributed by atoms with Gasteiger partial charge < -0.3 is 15.7 Å². The molecular weight excluding hydrogens is 306 g/mol. The highest BCUT2D eigenvalue weighted by atomic mass is 16.3. The summed E-state index contributed by atoms with van der Waals surface area (Å²) in [4.78, 5) is 23.5. The van der Waals surface area contributed by atoms with Crippen LogP contribution in [0.25, 0.3) is 0 Å². The van der Waals surface area contributed by atoms with E-state index in [4.69, 9.17) is 5.26 Å². The maximum Gasteiger partial charge on any atom is 0.267 e. The van der Waals surface area contributed by atoms with Gasteiger partial charge in [-0.25, -0.2) is 0 Å². The average molecular weight is 321 g/mol. The van der Waals surface area contributed by atoms with E-state index in [2.05, 4.69) is 10.6 Å². The van der Waals surface area contributed by atoms with Crippen LogP contribution in [0.15, 0.2) is 60.3 Å². The third-order valence-corrected chi connectivity index (χ3v) is 3.12. The van der Waals surface area contributed by atoms with Crippen LogP contribution >= 0.6 is 0 Å². The molecule has 0 heterocycles. The Kier molecular flexibility index (Phi) is 5.32. The minimum Gasteiger partial charge on any atom is -0.508 e. The summed E-state index contributed by atoms with van der Waals surface area (Å²) in [6.45, 7) is 1.43. The molecule has 0 spiro atoms. The van der Waals surface area contributed by atoms with Gasteiger partial charge in [-0.15, -0.1) is 0 Å². The molecule has 0 aliphatic heterocycles. The molecule has 0 atom stereocenters. The van der Waals surface area contributed by atoms with Gasteiger partial charge in [0.25, 0.3) is 5.91 Å². The van der Waals surface area contributed by atoms with E-state index in [0.29, 0.717) is 16.9 Å². The first-order chi connectivity index (χ1) is 11.5. The van der Waals surface area contributed by atoms with E-state index in [0.717, 1.165) is 0 Å². The van der Waals surface area contributed by atoms with Gasteiger partial charge in [0.2, 0.25) is 0 Å². The SMILES string of the molecule is CC(=O)c1cccc(NC(=O)/C(C#N)=C\Nc2cccc(O)c2)c1. The molecule has 2 rings (SSSR count). The van der Waals surface area contributed by atoms with Gasteiger partial charge in [-0.2, -0.15) is 5.26 Å². The predicted octanol–water partition coefficient (Wildman–Crippen LogP) is 3.05. The summed E-state index contributed by atoms with van der Waals surface area (Å²) in [7, 11) is 0. The van der Waals surface area contributed by atoms with Crippen LogP contribution in [0.4, 0.5) is 11.4 Å². The number of Topliss-reactive ketones (excluding diaryl/α,β-unsaturated/α-hetero) is 1. The lowest BCUT2D eigenvalue weighted by Gasteiger charge is -2.06. The Bertz CT molecular complexity index is 851. The minimum atomic E-state index is -0.606. The molecule has 0 radical (unpaired) electrons. The number of aromatic hydroxyl groups is 1. The zero-order chi connectivity index (χ0) is 17.5. The normalized spacial score (nSPS) is 10.6. The van der Waals surface area contributed by atoms with E-state index in [9.17, 15) is 14.7 Å². The van der Waals surface area contributed by atoms with E-state index in [-0.39, 0.29) is 17.1 Å². The van der Waals surface area contributed by atoms with Crippen molar-refractivity contribution in [1.82, 2.24) is 0 Å². The number of nitrogens with zero attached hydrogens (tertiary/aromatic N) is 1. The summed E-state index contributed by atoms with van der Waals surface area (Å²) in [6, 6.07) is 14.5. The Labute approximate surface area is 139 Å². The van der Waals surface area contributed by atoms with Gasteiger partial charge in [-0.1, -0.05) is 18.2 Å². The molecule has 2 aromatic carbocycles. The summed E-state index contributed by atoms with van der Waals surface area (Å²) in [5.41, 5.74) is 1.28. The van der Waals surface area contributed by atoms with Gasteiger partial charge in [0.1, 0.15) is 17.4 Å². The van der Waals surface area contributed by atoms with Crippen molar-refractivity contribution in [2.45, 2.75) is 6.92 Å². The highest BCUT2D eigenvalue weighted by molar-refractivity contribution is 6.07. The van der Waals surface area contributed by atoms with Crippen LogP contribution in [0, 0.1) is 11.3 Å². The largest absolute Gasteiger partial charge is 0.508 e. The second-order valence-electron chi connectivity index (χ2n) is 4.96. The molecule has 0 fully saturated rings. The second-order valence-corrected chi connectivity index (χ2v) is 4.96. The number of hydrogen-bond donors (Lipinski definition) is 3. The zero-order valence-electron chi connectivity index (χ0n) is 12.9. The standard InChI is InChI=1S/C18H15N3O3/c1-12(22)13-4-2-6-16(8-13)21-18(24)14(10-19)11-20-15-5-3-7-17(23)9-15/h2-9,11,20,23H,1H3,(H,21,24)/b14-11-. The van der Waals surface area contributed by atoms with E-state index in [1.807, 2.05) is 0 Å². The van der Waals surface area contributed by atoms with Crippen molar-refractivity contribution in [3.63, 3.8) is 0 Å². The number of benzene rings is 2. The Hall–Kier alpha value is -3.59. The van der Waals surface area contributed by atoms with Gasteiger partial charge in [-0.3, -0.25) is 9.59 Å². The number of phenols is 1. The average Bonchev–Trinajstić information content (AvgIpc) is 2.55. The number of hydrogen-bond acceptors (Lipinski definition) is 5. The summed E-state index contributed by atoms with van der Waals surface area (Å²) < 4.78 is 0. The Morgan fingerprint density at radius 2 is 1.83 bits per heavy atom. The fraction of sp³-hybridized carbons (Fsp3) is 0.0556. The number of ketones is 1. The van der Waals surface area contributed by atoms with Gasteiger partial charge in [-0.05, 0) is 31.2 Å². The molecule has 0 aromatic heterocycles. The molecule has 0 bridgehead atoms.